The highest BCUT2D eigenvalue weighted by atomic mass is 35.5. The lowest BCUT2D eigenvalue weighted by Crippen LogP contribution is -2.32. The summed E-state index contributed by atoms with van der Waals surface area (Å²) in [6.45, 7) is 3.21. The number of nitrogens with two attached hydrogens (primary N) is 1. The first kappa shape index (κ1) is 15.9. The van der Waals surface area contributed by atoms with Crippen molar-refractivity contribution in [2.75, 3.05) is 13.1 Å². The zero-order valence-electron chi connectivity index (χ0n) is 11.0. The molecule has 1 fully saturated rings. The van der Waals surface area contributed by atoms with Gasteiger partial charge in [-0.3, -0.25) is 4.79 Å². The van der Waals surface area contributed by atoms with Crippen LogP contribution in [0.15, 0.2) is 24.3 Å². The summed E-state index contributed by atoms with van der Waals surface area (Å²) in [4.78, 5) is 13.9. The average Bonchev–Trinajstić information content (AvgIpc) is 2.72. The third-order valence-electron chi connectivity index (χ3n) is 3.42. The summed E-state index contributed by atoms with van der Waals surface area (Å²) in [5, 5.41) is 0. The second-order valence-corrected chi connectivity index (χ2v) is 5.00. The number of benzene rings is 1. The van der Waals surface area contributed by atoms with E-state index < -0.39 is 0 Å². The fraction of sp³-hybridized carbons (Fsp3) is 0.500. The Morgan fingerprint density at radius 2 is 2.26 bits per heavy atom. The molecule has 19 heavy (non-hydrogen) atoms. The highest BCUT2D eigenvalue weighted by Gasteiger charge is 2.33. The molecular formula is C14H20ClFN2O. The van der Waals surface area contributed by atoms with Gasteiger partial charge in [0.15, 0.2) is 0 Å². The standard InChI is InChI=1S/C14H19FN2O.ClH/c1-10-7-13(11-3-2-4-12(15)8-11)17(9-10)14(18)5-6-16;/h2-4,8,10,13H,5-7,9,16H2,1H3;1H. The van der Waals surface area contributed by atoms with Crippen LogP contribution in [-0.2, 0) is 4.79 Å². The van der Waals surface area contributed by atoms with Crippen molar-refractivity contribution in [2.24, 2.45) is 11.7 Å². The Morgan fingerprint density at radius 3 is 2.89 bits per heavy atom. The van der Waals surface area contributed by atoms with Gasteiger partial charge in [-0.15, -0.1) is 12.4 Å². The van der Waals surface area contributed by atoms with Crippen LogP contribution in [0.5, 0.6) is 0 Å². The van der Waals surface area contributed by atoms with Crippen LogP contribution in [0.3, 0.4) is 0 Å². The number of rotatable bonds is 3. The fourth-order valence-electron chi connectivity index (χ4n) is 2.62. The molecule has 0 aliphatic carbocycles. The monoisotopic (exact) mass is 286 g/mol. The van der Waals surface area contributed by atoms with Crippen molar-refractivity contribution in [3.8, 4) is 0 Å². The summed E-state index contributed by atoms with van der Waals surface area (Å²) in [5.41, 5.74) is 6.31. The Morgan fingerprint density at radius 1 is 1.53 bits per heavy atom. The number of hydrogen-bond acceptors (Lipinski definition) is 2. The van der Waals surface area contributed by atoms with Crippen molar-refractivity contribution in [3.63, 3.8) is 0 Å². The summed E-state index contributed by atoms with van der Waals surface area (Å²) >= 11 is 0. The van der Waals surface area contributed by atoms with Gasteiger partial charge in [0.25, 0.3) is 0 Å². The Balaban J connectivity index is 0.00000180. The molecule has 2 atom stereocenters. The van der Waals surface area contributed by atoms with Crippen LogP contribution in [0, 0.1) is 11.7 Å². The Bertz CT molecular complexity index is 441. The quantitative estimate of drug-likeness (QED) is 0.928. The molecule has 1 heterocycles. The minimum atomic E-state index is -0.252. The Kier molecular flexibility index (Phi) is 5.76. The molecule has 0 aromatic heterocycles. The number of likely N-dealkylation sites (tertiary alicyclic amines) is 1. The molecule has 3 nitrogen and oxygen atoms in total. The molecule has 5 heteroatoms. The molecule has 2 N–H and O–H groups in total. The zero-order valence-corrected chi connectivity index (χ0v) is 11.8. The molecule has 1 aliphatic heterocycles. The van der Waals surface area contributed by atoms with E-state index >= 15 is 0 Å². The van der Waals surface area contributed by atoms with Gasteiger partial charge in [0.05, 0.1) is 6.04 Å². The lowest BCUT2D eigenvalue weighted by atomic mass is 10.0. The van der Waals surface area contributed by atoms with E-state index in [0.717, 1.165) is 18.5 Å². The SMILES string of the molecule is CC1CC(c2cccc(F)c2)N(C(=O)CCN)C1.Cl. The third kappa shape index (κ3) is 3.67. The first-order valence-corrected chi connectivity index (χ1v) is 6.37. The van der Waals surface area contributed by atoms with Gasteiger partial charge in [-0.05, 0) is 30.0 Å². The third-order valence-corrected chi connectivity index (χ3v) is 3.42. The van der Waals surface area contributed by atoms with E-state index in [2.05, 4.69) is 6.92 Å². The summed E-state index contributed by atoms with van der Waals surface area (Å²) in [7, 11) is 0. The molecule has 1 saturated heterocycles. The normalized spacial score (nSPS) is 22.2. The highest BCUT2D eigenvalue weighted by Crippen LogP contribution is 2.35. The number of amides is 1. The molecule has 1 aromatic carbocycles. The molecule has 2 rings (SSSR count). The molecular weight excluding hydrogens is 267 g/mol. The van der Waals surface area contributed by atoms with E-state index in [1.165, 1.54) is 12.1 Å². The second-order valence-electron chi connectivity index (χ2n) is 5.00. The minimum absolute atomic E-state index is 0. The molecule has 0 spiro atoms. The van der Waals surface area contributed by atoms with Crippen LogP contribution in [0.1, 0.15) is 31.4 Å². The smallest absolute Gasteiger partial charge is 0.224 e. The number of nitrogens with zero attached hydrogens (tertiary/aromatic N) is 1. The second kappa shape index (κ2) is 6.87. The molecule has 106 valence electrons. The van der Waals surface area contributed by atoms with E-state index in [1.54, 1.807) is 6.07 Å². The number of halogens is 2. The van der Waals surface area contributed by atoms with Gasteiger partial charge in [0, 0.05) is 19.5 Å². The van der Waals surface area contributed by atoms with Crippen LogP contribution in [-0.4, -0.2) is 23.9 Å². The molecule has 0 bridgehead atoms. The Labute approximate surface area is 119 Å². The van der Waals surface area contributed by atoms with Gasteiger partial charge in [-0.1, -0.05) is 19.1 Å². The van der Waals surface area contributed by atoms with Crippen LogP contribution < -0.4 is 5.73 Å². The topological polar surface area (TPSA) is 46.3 Å². The molecule has 1 aromatic rings. The lowest BCUT2D eigenvalue weighted by molar-refractivity contribution is -0.132. The maximum absolute atomic E-state index is 13.3. The van der Waals surface area contributed by atoms with Crippen molar-refractivity contribution in [1.29, 1.82) is 0 Å². The summed E-state index contributed by atoms with van der Waals surface area (Å²) in [6, 6.07) is 6.52. The largest absolute Gasteiger partial charge is 0.335 e. The first-order valence-electron chi connectivity index (χ1n) is 6.37. The summed E-state index contributed by atoms with van der Waals surface area (Å²) < 4.78 is 13.3. The van der Waals surface area contributed by atoms with E-state index in [-0.39, 0.29) is 30.2 Å². The van der Waals surface area contributed by atoms with Crippen LogP contribution >= 0.6 is 12.4 Å². The number of carbonyl (C=O) groups excluding carboxylic acids is 1. The predicted octanol–water partition coefficient (Wildman–Crippen LogP) is 2.51. The summed E-state index contributed by atoms with van der Waals surface area (Å²) in [6.07, 6.45) is 1.25. The maximum Gasteiger partial charge on any atom is 0.224 e. The minimum Gasteiger partial charge on any atom is -0.335 e. The van der Waals surface area contributed by atoms with E-state index in [0.29, 0.717) is 18.9 Å². The molecule has 0 radical (unpaired) electrons. The first-order chi connectivity index (χ1) is 8.61. The maximum atomic E-state index is 13.3. The molecule has 2 unspecified atom stereocenters. The zero-order chi connectivity index (χ0) is 13.1. The van der Waals surface area contributed by atoms with E-state index in [9.17, 15) is 9.18 Å². The van der Waals surface area contributed by atoms with Gasteiger partial charge in [0.1, 0.15) is 5.82 Å². The number of carbonyl (C=O) groups is 1. The van der Waals surface area contributed by atoms with Gasteiger partial charge in [-0.25, -0.2) is 4.39 Å². The van der Waals surface area contributed by atoms with Crippen molar-refractivity contribution >= 4 is 18.3 Å². The fourth-order valence-corrected chi connectivity index (χ4v) is 2.62. The lowest BCUT2D eigenvalue weighted by Gasteiger charge is -2.25. The van der Waals surface area contributed by atoms with Crippen molar-refractivity contribution in [3.05, 3.63) is 35.6 Å². The molecule has 0 saturated carbocycles. The van der Waals surface area contributed by atoms with E-state index in [4.69, 9.17) is 5.73 Å². The van der Waals surface area contributed by atoms with Gasteiger partial charge < -0.3 is 10.6 Å². The van der Waals surface area contributed by atoms with E-state index in [1.807, 2.05) is 11.0 Å². The average molecular weight is 287 g/mol. The van der Waals surface area contributed by atoms with Crippen molar-refractivity contribution < 1.29 is 9.18 Å². The van der Waals surface area contributed by atoms with Crippen LogP contribution in [0.2, 0.25) is 0 Å². The van der Waals surface area contributed by atoms with Crippen LogP contribution in [0.25, 0.3) is 0 Å². The molecule has 1 aliphatic rings. The highest BCUT2D eigenvalue weighted by molar-refractivity contribution is 5.85. The summed E-state index contributed by atoms with van der Waals surface area (Å²) in [5.74, 6) is 0.259. The number of hydrogen-bond donors (Lipinski definition) is 1. The molecule has 1 amide bonds. The van der Waals surface area contributed by atoms with Crippen molar-refractivity contribution in [1.82, 2.24) is 4.90 Å². The van der Waals surface area contributed by atoms with Gasteiger partial charge >= 0.3 is 0 Å². The van der Waals surface area contributed by atoms with Crippen LogP contribution in [0.4, 0.5) is 4.39 Å². The van der Waals surface area contributed by atoms with Gasteiger partial charge in [0.2, 0.25) is 5.91 Å². The Hall–Kier alpha value is -1.13. The van der Waals surface area contributed by atoms with Gasteiger partial charge in [-0.2, -0.15) is 0 Å². The predicted molar refractivity (Wildman–Crippen MR) is 75.6 cm³/mol. The van der Waals surface area contributed by atoms with Crippen molar-refractivity contribution in [2.45, 2.75) is 25.8 Å².